The summed E-state index contributed by atoms with van der Waals surface area (Å²) in [5.74, 6) is 0.111. The summed E-state index contributed by atoms with van der Waals surface area (Å²) in [7, 11) is 0. The molecule has 2 rings (SSSR count). The molecule has 4 heteroatoms. The Kier molecular flexibility index (Phi) is 4.45. The monoisotopic (exact) mass is 283 g/mol. The van der Waals surface area contributed by atoms with E-state index in [-0.39, 0.29) is 5.02 Å². The van der Waals surface area contributed by atoms with Crippen molar-refractivity contribution in [3.8, 4) is 0 Å². The molecule has 0 saturated carbocycles. The van der Waals surface area contributed by atoms with Crippen molar-refractivity contribution in [2.45, 2.75) is 12.4 Å². The minimum atomic E-state index is -0.396. The van der Waals surface area contributed by atoms with Gasteiger partial charge in [0.25, 0.3) is 0 Å². The Morgan fingerprint density at radius 3 is 2.28 bits per heavy atom. The first-order chi connectivity index (χ1) is 8.69. The van der Waals surface area contributed by atoms with Gasteiger partial charge in [0.2, 0.25) is 0 Å². The molecule has 0 fully saturated rings. The summed E-state index contributed by atoms with van der Waals surface area (Å²) in [6.07, 6.45) is 0. The van der Waals surface area contributed by atoms with Gasteiger partial charge in [-0.05, 0) is 35.4 Å². The Bertz CT molecular complexity index is 526. The highest BCUT2D eigenvalue weighted by atomic mass is 35.5. The van der Waals surface area contributed by atoms with Crippen molar-refractivity contribution in [3.63, 3.8) is 0 Å². The third-order valence-electron chi connectivity index (χ3n) is 2.59. The van der Waals surface area contributed by atoms with Crippen LogP contribution in [0.5, 0.6) is 0 Å². The van der Waals surface area contributed by atoms with E-state index in [0.717, 1.165) is 16.8 Å². The Hall–Kier alpha value is -1.25. The Morgan fingerprint density at radius 2 is 1.67 bits per heavy atom. The van der Waals surface area contributed by atoms with Gasteiger partial charge in [0, 0.05) is 18.1 Å². The maximum absolute atomic E-state index is 13.0. The van der Waals surface area contributed by atoms with Crippen LogP contribution in [-0.4, -0.2) is 0 Å². The van der Waals surface area contributed by atoms with E-state index in [1.807, 2.05) is 24.3 Å². The number of halogens is 3. The van der Waals surface area contributed by atoms with E-state index < -0.39 is 5.82 Å². The molecular formula is C14H12Cl2FN. The topological polar surface area (TPSA) is 12.0 Å². The molecular weight excluding hydrogens is 272 g/mol. The van der Waals surface area contributed by atoms with Crippen molar-refractivity contribution < 1.29 is 4.39 Å². The maximum Gasteiger partial charge on any atom is 0.141 e. The molecule has 0 bridgehead atoms. The Balaban J connectivity index is 1.99. The molecule has 0 amide bonds. The summed E-state index contributed by atoms with van der Waals surface area (Å²) in [6.45, 7) is 0.597. The second-order valence-electron chi connectivity index (χ2n) is 3.93. The van der Waals surface area contributed by atoms with E-state index in [1.54, 1.807) is 12.1 Å². The first kappa shape index (κ1) is 13.2. The third-order valence-corrected chi connectivity index (χ3v) is 3.19. The minimum Gasteiger partial charge on any atom is -0.381 e. The summed E-state index contributed by atoms with van der Waals surface area (Å²) < 4.78 is 13.0. The molecule has 0 saturated heterocycles. The molecule has 18 heavy (non-hydrogen) atoms. The third kappa shape index (κ3) is 3.37. The molecule has 2 aromatic carbocycles. The molecule has 2 aromatic rings. The summed E-state index contributed by atoms with van der Waals surface area (Å²) in [4.78, 5) is 0. The molecule has 0 atom stereocenters. The maximum atomic E-state index is 13.0. The fourth-order valence-electron chi connectivity index (χ4n) is 1.57. The second-order valence-corrected chi connectivity index (χ2v) is 4.61. The molecule has 94 valence electrons. The minimum absolute atomic E-state index is 0.145. The number of anilines is 1. The van der Waals surface area contributed by atoms with Gasteiger partial charge in [-0.25, -0.2) is 4.39 Å². The summed E-state index contributed by atoms with van der Waals surface area (Å²) in [5, 5.41) is 3.38. The van der Waals surface area contributed by atoms with Crippen LogP contribution in [0.2, 0.25) is 5.02 Å². The zero-order chi connectivity index (χ0) is 13.0. The number of rotatable bonds is 4. The number of benzene rings is 2. The van der Waals surface area contributed by atoms with Crippen molar-refractivity contribution in [1.82, 2.24) is 0 Å². The highest BCUT2D eigenvalue weighted by Gasteiger charge is 2.01. The van der Waals surface area contributed by atoms with Crippen LogP contribution in [0.3, 0.4) is 0 Å². The van der Waals surface area contributed by atoms with Crippen LogP contribution in [0.25, 0.3) is 0 Å². The van der Waals surface area contributed by atoms with E-state index in [1.165, 1.54) is 6.07 Å². The van der Waals surface area contributed by atoms with E-state index in [4.69, 9.17) is 23.2 Å². The van der Waals surface area contributed by atoms with Crippen molar-refractivity contribution in [3.05, 3.63) is 64.4 Å². The second kappa shape index (κ2) is 6.07. The first-order valence-corrected chi connectivity index (χ1v) is 6.43. The number of nitrogens with one attached hydrogen (secondary N) is 1. The largest absolute Gasteiger partial charge is 0.381 e. The van der Waals surface area contributed by atoms with E-state index in [0.29, 0.717) is 12.4 Å². The average Bonchev–Trinajstić information content (AvgIpc) is 2.41. The van der Waals surface area contributed by atoms with E-state index in [9.17, 15) is 4.39 Å². The molecule has 1 N–H and O–H groups in total. The lowest BCUT2D eigenvalue weighted by atomic mass is 10.2. The zero-order valence-electron chi connectivity index (χ0n) is 9.59. The smallest absolute Gasteiger partial charge is 0.141 e. The highest BCUT2D eigenvalue weighted by molar-refractivity contribution is 6.30. The molecule has 0 aliphatic carbocycles. The van der Waals surface area contributed by atoms with Crippen LogP contribution in [0.1, 0.15) is 11.1 Å². The molecule has 0 aromatic heterocycles. The van der Waals surface area contributed by atoms with Gasteiger partial charge in [-0.15, -0.1) is 11.6 Å². The fraction of sp³-hybridized carbons (Fsp3) is 0.143. The van der Waals surface area contributed by atoms with Crippen LogP contribution >= 0.6 is 23.2 Å². The van der Waals surface area contributed by atoms with Gasteiger partial charge in [0.15, 0.2) is 0 Å². The lowest BCUT2D eigenvalue weighted by Crippen LogP contribution is -1.99. The lowest BCUT2D eigenvalue weighted by Gasteiger charge is -2.07. The predicted octanol–water partition coefficient (Wildman–Crippen LogP) is 4.83. The first-order valence-electron chi connectivity index (χ1n) is 5.52. The van der Waals surface area contributed by atoms with Gasteiger partial charge in [-0.3, -0.25) is 0 Å². The fourth-order valence-corrected chi connectivity index (χ4v) is 1.95. The van der Waals surface area contributed by atoms with Crippen molar-refractivity contribution >= 4 is 28.9 Å². The van der Waals surface area contributed by atoms with Gasteiger partial charge >= 0.3 is 0 Å². The standard InChI is InChI=1S/C14H12Cl2FN/c15-8-10-1-4-12(5-2-10)18-9-11-3-6-14(17)13(16)7-11/h1-7,18H,8-9H2. The molecule has 0 aliphatic heterocycles. The molecule has 0 spiro atoms. The molecule has 0 heterocycles. The molecule has 0 aliphatic rings. The van der Waals surface area contributed by atoms with Gasteiger partial charge in [-0.1, -0.05) is 29.8 Å². The normalized spacial score (nSPS) is 10.4. The van der Waals surface area contributed by atoms with Gasteiger partial charge in [0.05, 0.1) is 5.02 Å². The summed E-state index contributed by atoms with van der Waals surface area (Å²) >= 11 is 11.4. The van der Waals surface area contributed by atoms with Crippen LogP contribution in [0.4, 0.5) is 10.1 Å². The number of alkyl halides is 1. The number of hydrogen-bond donors (Lipinski definition) is 1. The molecule has 1 nitrogen and oxygen atoms in total. The van der Waals surface area contributed by atoms with Crippen LogP contribution < -0.4 is 5.32 Å². The summed E-state index contributed by atoms with van der Waals surface area (Å²) in [6, 6.07) is 12.6. The van der Waals surface area contributed by atoms with Crippen molar-refractivity contribution in [2.75, 3.05) is 5.32 Å². The molecule has 0 radical (unpaired) electrons. The zero-order valence-corrected chi connectivity index (χ0v) is 11.1. The lowest BCUT2D eigenvalue weighted by molar-refractivity contribution is 0.627. The highest BCUT2D eigenvalue weighted by Crippen LogP contribution is 2.17. The number of hydrogen-bond acceptors (Lipinski definition) is 1. The van der Waals surface area contributed by atoms with Crippen LogP contribution in [-0.2, 0) is 12.4 Å². The Labute approximate surface area is 116 Å². The van der Waals surface area contributed by atoms with Crippen molar-refractivity contribution in [2.24, 2.45) is 0 Å². The van der Waals surface area contributed by atoms with Crippen molar-refractivity contribution in [1.29, 1.82) is 0 Å². The van der Waals surface area contributed by atoms with Gasteiger partial charge in [0.1, 0.15) is 5.82 Å². The van der Waals surface area contributed by atoms with E-state index in [2.05, 4.69) is 5.32 Å². The van der Waals surface area contributed by atoms with Gasteiger partial charge < -0.3 is 5.32 Å². The SMILES string of the molecule is Fc1ccc(CNc2ccc(CCl)cc2)cc1Cl. The molecule has 0 unspecified atom stereocenters. The summed E-state index contributed by atoms with van der Waals surface area (Å²) in [5.41, 5.74) is 3.00. The van der Waals surface area contributed by atoms with Crippen LogP contribution in [0.15, 0.2) is 42.5 Å². The Morgan fingerprint density at radius 1 is 1.00 bits per heavy atom. The predicted molar refractivity (Wildman–Crippen MR) is 74.7 cm³/mol. The average molecular weight is 284 g/mol. The quantitative estimate of drug-likeness (QED) is 0.793. The van der Waals surface area contributed by atoms with Gasteiger partial charge in [-0.2, -0.15) is 0 Å². The van der Waals surface area contributed by atoms with Crippen LogP contribution in [0, 0.1) is 5.82 Å². The van der Waals surface area contributed by atoms with E-state index >= 15 is 0 Å².